The zero-order chi connectivity index (χ0) is 17.4. The maximum Gasteiger partial charge on any atom is 0.234 e. The molecule has 2 aromatic rings. The summed E-state index contributed by atoms with van der Waals surface area (Å²) < 4.78 is 10.7. The molecule has 7 heteroatoms. The molecule has 0 atom stereocenters. The first-order valence-electron chi connectivity index (χ1n) is 7.73. The molecule has 1 aromatic heterocycles. The van der Waals surface area contributed by atoms with Crippen molar-refractivity contribution in [2.45, 2.75) is 13.0 Å². The fraction of sp³-hybridized carbons (Fsp3) is 0.412. The number of methoxy groups -OCH3 is 1. The normalized spacial score (nSPS) is 11.0. The number of carbonyl (C=O) groups is 1. The van der Waals surface area contributed by atoms with Crippen LogP contribution in [0.1, 0.15) is 12.3 Å². The van der Waals surface area contributed by atoms with Gasteiger partial charge in [-0.2, -0.15) is 0 Å². The molecule has 0 bridgehead atoms. The van der Waals surface area contributed by atoms with E-state index in [1.807, 2.05) is 30.1 Å². The highest BCUT2D eigenvalue weighted by Crippen LogP contribution is 2.23. The Bertz CT molecular complexity index is 660. The van der Waals surface area contributed by atoms with Gasteiger partial charge in [-0.25, -0.2) is 4.98 Å². The van der Waals surface area contributed by atoms with E-state index < -0.39 is 0 Å². The second-order valence-corrected chi connectivity index (χ2v) is 5.93. The predicted octanol–water partition coefficient (Wildman–Crippen LogP) is 2.58. The summed E-state index contributed by atoms with van der Waals surface area (Å²) >= 11 is 5.98. The molecule has 0 aliphatic rings. The molecule has 6 nitrogen and oxygen atoms in total. The smallest absolute Gasteiger partial charge is 0.234 e. The Morgan fingerprint density at radius 2 is 2.29 bits per heavy atom. The lowest BCUT2D eigenvalue weighted by molar-refractivity contribution is -0.122. The van der Waals surface area contributed by atoms with E-state index >= 15 is 0 Å². The molecule has 0 aliphatic heterocycles. The minimum atomic E-state index is -0.0322. The van der Waals surface area contributed by atoms with Crippen molar-refractivity contribution in [3.63, 3.8) is 0 Å². The van der Waals surface area contributed by atoms with Crippen LogP contribution in [0.25, 0.3) is 11.3 Å². The Morgan fingerprint density at radius 3 is 3.04 bits per heavy atom. The SMILES string of the molecule is COCCCNC(=O)CN(C)Cc1ncc(-c2cccc(Cl)c2)o1. The molecule has 0 fully saturated rings. The van der Waals surface area contributed by atoms with Gasteiger partial charge in [0.2, 0.25) is 11.8 Å². The van der Waals surface area contributed by atoms with E-state index in [-0.39, 0.29) is 12.5 Å². The third-order valence-electron chi connectivity index (χ3n) is 3.33. The maximum atomic E-state index is 11.8. The van der Waals surface area contributed by atoms with E-state index in [0.717, 1.165) is 12.0 Å². The molecule has 130 valence electrons. The van der Waals surface area contributed by atoms with Crippen LogP contribution in [-0.2, 0) is 16.1 Å². The van der Waals surface area contributed by atoms with E-state index in [2.05, 4.69) is 10.3 Å². The van der Waals surface area contributed by atoms with Gasteiger partial charge in [-0.3, -0.25) is 9.69 Å². The highest BCUT2D eigenvalue weighted by Gasteiger charge is 2.11. The van der Waals surface area contributed by atoms with Gasteiger partial charge >= 0.3 is 0 Å². The Hall–Kier alpha value is -1.89. The number of benzene rings is 1. The molecule has 0 radical (unpaired) electrons. The summed E-state index contributed by atoms with van der Waals surface area (Å²) in [6.45, 7) is 1.98. The van der Waals surface area contributed by atoms with Crippen LogP contribution in [0.3, 0.4) is 0 Å². The number of hydrogen-bond acceptors (Lipinski definition) is 5. The lowest BCUT2D eigenvalue weighted by Gasteiger charge is -2.14. The van der Waals surface area contributed by atoms with Gasteiger partial charge in [0.05, 0.1) is 19.3 Å². The highest BCUT2D eigenvalue weighted by molar-refractivity contribution is 6.30. The van der Waals surface area contributed by atoms with E-state index in [4.69, 9.17) is 20.8 Å². The van der Waals surface area contributed by atoms with Crippen LogP contribution in [0.15, 0.2) is 34.9 Å². The van der Waals surface area contributed by atoms with Crippen molar-refractivity contribution >= 4 is 17.5 Å². The molecule has 0 saturated heterocycles. The van der Waals surface area contributed by atoms with Crippen LogP contribution in [0, 0.1) is 0 Å². The standard InChI is InChI=1S/C17H22ClN3O3/c1-21(11-16(22)19-7-4-8-23-2)12-17-20-10-15(24-17)13-5-3-6-14(18)9-13/h3,5-6,9-10H,4,7-8,11-12H2,1-2H3,(H,19,22). The number of rotatable bonds is 9. The number of nitrogens with one attached hydrogen (secondary N) is 1. The fourth-order valence-electron chi connectivity index (χ4n) is 2.19. The maximum absolute atomic E-state index is 11.8. The minimum Gasteiger partial charge on any atom is -0.439 e. The molecule has 1 heterocycles. The van der Waals surface area contributed by atoms with Gasteiger partial charge in [-0.15, -0.1) is 0 Å². The molecule has 0 unspecified atom stereocenters. The summed E-state index contributed by atoms with van der Waals surface area (Å²) in [5, 5.41) is 3.49. The van der Waals surface area contributed by atoms with Gasteiger partial charge in [-0.05, 0) is 25.6 Å². The number of nitrogens with zero attached hydrogens (tertiary/aromatic N) is 2. The third kappa shape index (κ3) is 5.96. The molecule has 1 aromatic carbocycles. The molecule has 0 spiro atoms. The number of likely N-dealkylation sites (N-methyl/N-ethyl adjacent to an activating group) is 1. The molecule has 1 N–H and O–H groups in total. The quantitative estimate of drug-likeness (QED) is 0.703. The highest BCUT2D eigenvalue weighted by atomic mass is 35.5. The number of oxazole rings is 1. The summed E-state index contributed by atoms with van der Waals surface area (Å²) in [7, 11) is 3.49. The lowest BCUT2D eigenvalue weighted by Crippen LogP contribution is -2.35. The van der Waals surface area contributed by atoms with Crippen LogP contribution in [0.4, 0.5) is 0 Å². The summed E-state index contributed by atoms with van der Waals surface area (Å²) in [6.07, 6.45) is 2.47. The van der Waals surface area contributed by atoms with Crippen LogP contribution in [-0.4, -0.2) is 49.6 Å². The monoisotopic (exact) mass is 351 g/mol. The molecule has 24 heavy (non-hydrogen) atoms. The molecule has 1 amide bonds. The second kappa shape index (κ2) is 9.42. The fourth-order valence-corrected chi connectivity index (χ4v) is 2.38. The van der Waals surface area contributed by atoms with Crippen molar-refractivity contribution in [3.05, 3.63) is 41.4 Å². The molecular weight excluding hydrogens is 330 g/mol. The zero-order valence-corrected chi connectivity index (χ0v) is 14.7. The van der Waals surface area contributed by atoms with Crippen molar-refractivity contribution in [2.24, 2.45) is 0 Å². The number of halogens is 1. The van der Waals surface area contributed by atoms with Gasteiger partial charge in [0.15, 0.2) is 5.76 Å². The number of carbonyl (C=O) groups excluding carboxylic acids is 1. The van der Waals surface area contributed by atoms with E-state index in [1.165, 1.54) is 0 Å². The summed E-state index contributed by atoms with van der Waals surface area (Å²) in [4.78, 5) is 17.9. The van der Waals surface area contributed by atoms with Gasteiger partial charge in [-0.1, -0.05) is 23.7 Å². The number of hydrogen-bond donors (Lipinski definition) is 1. The summed E-state index contributed by atoms with van der Waals surface area (Å²) in [6, 6.07) is 7.40. The summed E-state index contributed by atoms with van der Waals surface area (Å²) in [5.41, 5.74) is 0.875. The molecule has 2 rings (SSSR count). The van der Waals surface area contributed by atoms with Crippen molar-refractivity contribution < 1.29 is 13.9 Å². The molecule has 0 aliphatic carbocycles. The van der Waals surface area contributed by atoms with Crippen LogP contribution >= 0.6 is 11.6 Å². The number of aromatic nitrogens is 1. The average Bonchev–Trinajstić information content (AvgIpc) is 3.00. The van der Waals surface area contributed by atoms with Crippen LogP contribution in [0.5, 0.6) is 0 Å². The first-order valence-corrected chi connectivity index (χ1v) is 8.11. The van der Waals surface area contributed by atoms with E-state index in [9.17, 15) is 4.79 Å². The Kier molecular flexibility index (Phi) is 7.24. The van der Waals surface area contributed by atoms with Crippen LogP contribution < -0.4 is 5.32 Å². The van der Waals surface area contributed by atoms with Crippen molar-refractivity contribution in [1.82, 2.24) is 15.2 Å². The zero-order valence-electron chi connectivity index (χ0n) is 13.9. The lowest BCUT2D eigenvalue weighted by atomic mass is 10.2. The van der Waals surface area contributed by atoms with Gasteiger partial charge in [0.1, 0.15) is 0 Å². The topological polar surface area (TPSA) is 67.6 Å². The third-order valence-corrected chi connectivity index (χ3v) is 3.56. The van der Waals surface area contributed by atoms with E-state index in [1.54, 1.807) is 19.4 Å². The largest absolute Gasteiger partial charge is 0.439 e. The first-order chi connectivity index (χ1) is 11.6. The van der Waals surface area contributed by atoms with Gasteiger partial charge in [0, 0.05) is 30.8 Å². The Balaban J connectivity index is 1.82. The molecule has 0 saturated carbocycles. The molecular formula is C17H22ClN3O3. The predicted molar refractivity (Wildman–Crippen MR) is 92.8 cm³/mol. The number of ether oxygens (including phenoxy) is 1. The van der Waals surface area contributed by atoms with Crippen molar-refractivity contribution in [1.29, 1.82) is 0 Å². The van der Waals surface area contributed by atoms with Gasteiger partial charge in [0.25, 0.3) is 0 Å². The average molecular weight is 352 g/mol. The minimum absolute atomic E-state index is 0.0322. The second-order valence-electron chi connectivity index (χ2n) is 5.50. The Morgan fingerprint density at radius 1 is 1.46 bits per heavy atom. The van der Waals surface area contributed by atoms with Gasteiger partial charge < -0.3 is 14.5 Å². The van der Waals surface area contributed by atoms with Crippen molar-refractivity contribution in [3.8, 4) is 11.3 Å². The first kappa shape index (κ1) is 18.4. The number of amides is 1. The van der Waals surface area contributed by atoms with E-state index in [0.29, 0.717) is 36.4 Å². The summed E-state index contributed by atoms with van der Waals surface area (Å²) in [5.74, 6) is 1.18. The van der Waals surface area contributed by atoms with Crippen molar-refractivity contribution in [2.75, 3.05) is 33.9 Å². The van der Waals surface area contributed by atoms with Crippen LogP contribution in [0.2, 0.25) is 5.02 Å². The Labute approximate surface area is 146 Å².